The molecule has 1 fully saturated rings. The summed E-state index contributed by atoms with van der Waals surface area (Å²) >= 11 is 10.8. The van der Waals surface area contributed by atoms with Crippen LogP contribution in [0.1, 0.15) is 29.9 Å². The Bertz CT molecular complexity index is 623. The van der Waals surface area contributed by atoms with Crippen molar-refractivity contribution in [1.29, 1.82) is 0 Å². The molecule has 0 atom stereocenters. The van der Waals surface area contributed by atoms with E-state index in [1.807, 2.05) is 0 Å². The van der Waals surface area contributed by atoms with Gasteiger partial charge in [-0.1, -0.05) is 45.8 Å². The molecule has 3 rings (SSSR count). The summed E-state index contributed by atoms with van der Waals surface area (Å²) in [5.41, 5.74) is 3.94. The second kappa shape index (κ2) is 6.43. The number of halogens is 3. The Hall–Kier alpha value is -0.320. The molecule has 4 heteroatoms. The van der Waals surface area contributed by atoms with Crippen LogP contribution < -0.4 is 5.32 Å². The van der Waals surface area contributed by atoms with E-state index in [0.717, 1.165) is 19.1 Å². The topological polar surface area (TPSA) is 12.0 Å². The quantitative estimate of drug-likeness (QED) is 0.526. The van der Waals surface area contributed by atoms with Crippen LogP contribution in [0, 0.1) is 6.92 Å². The van der Waals surface area contributed by atoms with Gasteiger partial charge in [0.25, 0.3) is 0 Å². The Balaban J connectivity index is 1.64. The number of aryl methyl sites for hydroxylation is 1. The molecule has 21 heavy (non-hydrogen) atoms. The van der Waals surface area contributed by atoms with E-state index >= 15 is 0 Å². The van der Waals surface area contributed by atoms with E-state index < -0.39 is 0 Å². The molecule has 0 aliphatic heterocycles. The van der Waals surface area contributed by atoms with Crippen molar-refractivity contribution in [2.24, 2.45) is 0 Å². The second-order valence-corrected chi connectivity index (χ2v) is 8.29. The molecule has 1 saturated carbocycles. The highest BCUT2D eigenvalue weighted by Gasteiger charge is 2.30. The molecule has 1 nitrogen and oxygen atoms in total. The number of hydrogen-bond donors (Lipinski definition) is 1. The molecule has 2 aromatic carbocycles. The summed E-state index contributed by atoms with van der Waals surface area (Å²) in [5.74, 6) is 0.691. The normalized spacial score (nSPS) is 21.0. The molecule has 0 amide bonds. The van der Waals surface area contributed by atoms with Crippen molar-refractivity contribution in [3.8, 4) is 0 Å². The van der Waals surface area contributed by atoms with Gasteiger partial charge in [-0.2, -0.15) is 0 Å². The Morgan fingerprint density at radius 2 is 1.52 bits per heavy atom. The van der Waals surface area contributed by atoms with E-state index in [1.165, 1.54) is 24.0 Å². The smallest absolute Gasteiger partial charge is 0.0631 e. The fourth-order valence-corrected chi connectivity index (χ4v) is 5.22. The number of rotatable bonds is 3. The Morgan fingerprint density at radius 1 is 0.952 bits per heavy atom. The summed E-state index contributed by atoms with van der Waals surface area (Å²) in [4.78, 5) is 0. The summed E-state index contributed by atoms with van der Waals surface area (Å²) < 4.78 is 3.24. The number of benzene rings is 2. The van der Waals surface area contributed by atoms with Crippen molar-refractivity contribution in [1.82, 2.24) is 0 Å². The lowest BCUT2D eigenvalue weighted by molar-refractivity contribution is 0.374. The van der Waals surface area contributed by atoms with Crippen LogP contribution in [0.2, 0.25) is 0 Å². The standard InChI is InChI=1S/C17H16Br3N/c1-10-2-4-11(5-3-10)12-6-14(7-12)21-17-15(19)8-13(18)9-16(17)20/h2-5,8-9,12,14,21H,6-7H2,1H3. The first-order chi connectivity index (χ1) is 10.0. The van der Waals surface area contributed by atoms with E-state index in [4.69, 9.17) is 0 Å². The number of nitrogens with one attached hydrogen (secondary N) is 1. The average molecular weight is 474 g/mol. The lowest BCUT2D eigenvalue weighted by atomic mass is 9.75. The maximum absolute atomic E-state index is 3.64. The van der Waals surface area contributed by atoms with E-state index in [1.54, 1.807) is 0 Å². The zero-order valence-corrected chi connectivity index (χ0v) is 16.4. The van der Waals surface area contributed by atoms with Crippen LogP contribution in [0.5, 0.6) is 0 Å². The summed E-state index contributed by atoms with van der Waals surface area (Å²) in [6.45, 7) is 2.14. The van der Waals surface area contributed by atoms with Gasteiger partial charge in [-0.05, 0) is 75.2 Å². The van der Waals surface area contributed by atoms with E-state index in [0.29, 0.717) is 12.0 Å². The fourth-order valence-electron chi connectivity index (χ4n) is 2.73. The van der Waals surface area contributed by atoms with Crippen molar-refractivity contribution >= 4 is 53.5 Å². The second-order valence-electron chi connectivity index (χ2n) is 5.66. The maximum atomic E-state index is 3.64. The maximum Gasteiger partial charge on any atom is 0.0631 e. The SMILES string of the molecule is Cc1ccc(C2CC(Nc3c(Br)cc(Br)cc3Br)C2)cc1. The van der Waals surface area contributed by atoms with Gasteiger partial charge in [-0.3, -0.25) is 0 Å². The van der Waals surface area contributed by atoms with Crippen molar-refractivity contribution < 1.29 is 0 Å². The monoisotopic (exact) mass is 471 g/mol. The van der Waals surface area contributed by atoms with Gasteiger partial charge >= 0.3 is 0 Å². The summed E-state index contributed by atoms with van der Waals surface area (Å²) in [5, 5.41) is 3.64. The van der Waals surface area contributed by atoms with Gasteiger partial charge < -0.3 is 5.32 Å². The van der Waals surface area contributed by atoms with Crippen molar-refractivity contribution in [3.05, 3.63) is 60.9 Å². The van der Waals surface area contributed by atoms with E-state index in [-0.39, 0.29) is 0 Å². The van der Waals surface area contributed by atoms with Gasteiger partial charge in [0.15, 0.2) is 0 Å². The fraction of sp³-hybridized carbons (Fsp3) is 0.294. The molecule has 2 aromatic rings. The molecule has 1 aliphatic rings. The molecular weight excluding hydrogens is 458 g/mol. The van der Waals surface area contributed by atoms with Crippen molar-refractivity contribution in [2.75, 3.05) is 5.32 Å². The predicted octanol–water partition coefficient (Wildman–Crippen LogP) is 6.64. The first kappa shape index (κ1) is 15.6. The van der Waals surface area contributed by atoms with Gasteiger partial charge in [0.2, 0.25) is 0 Å². The molecule has 0 heterocycles. The lowest BCUT2D eigenvalue weighted by Crippen LogP contribution is -2.34. The summed E-state index contributed by atoms with van der Waals surface area (Å²) in [6.07, 6.45) is 2.38. The highest BCUT2D eigenvalue weighted by molar-refractivity contribution is 9.11. The molecule has 0 spiro atoms. The molecule has 1 N–H and O–H groups in total. The van der Waals surface area contributed by atoms with Gasteiger partial charge in [-0.15, -0.1) is 0 Å². The molecule has 0 saturated heterocycles. The first-order valence-electron chi connectivity index (χ1n) is 7.00. The summed E-state index contributed by atoms with van der Waals surface area (Å²) in [6, 6.07) is 13.6. The van der Waals surface area contributed by atoms with Crippen LogP contribution in [0.4, 0.5) is 5.69 Å². The highest BCUT2D eigenvalue weighted by atomic mass is 79.9. The van der Waals surface area contributed by atoms with Crippen LogP contribution in [0.25, 0.3) is 0 Å². The highest BCUT2D eigenvalue weighted by Crippen LogP contribution is 2.41. The molecule has 0 bridgehead atoms. The zero-order valence-electron chi connectivity index (χ0n) is 11.7. The molecular formula is C17H16Br3N. The van der Waals surface area contributed by atoms with Crippen molar-refractivity contribution in [3.63, 3.8) is 0 Å². The predicted molar refractivity (Wildman–Crippen MR) is 100 cm³/mol. The number of hydrogen-bond acceptors (Lipinski definition) is 1. The first-order valence-corrected chi connectivity index (χ1v) is 9.38. The zero-order chi connectivity index (χ0) is 15.0. The Kier molecular flexibility index (Phi) is 4.77. The largest absolute Gasteiger partial charge is 0.380 e. The number of anilines is 1. The third-order valence-electron chi connectivity index (χ3n) is 4.04. The van der Waals surface area contributed by atoms with Gasteiger partial charge in [0.05, 0.1) is 5.69 Å². The average Bonchev–Trinajstić information content (AvgIpc) is 2.37. The van der Waals surface area contributed by atoms with E-state index in [2.05, 4.69) is 96.4 Å². The van der Waals surface area contributed by atoms with Gasteiger partial charge in [-0.25, -0.2) is 0 Å². The Labute approximate surface area is 150 Å². The third-order valence-corrected chi connectivity index (χ3v) is 5.75. The summed E-state index contributed by atoms with van der Waals surface area (Å²) in [7, 11) is 0. The minimum Gasteiger partial charge on any atom is -0.380 e. The van der Waals surface area contributed by atoms with Crippen LogP contribution in [0.15, 0.2) is 49.8 Å². The molecule has 0 unspecified atom stereocenters. The lowest BCUT2D eigenvalue weighted by Gasteiger charge is -2.37. The Morgan fingerprint density at radius 3 is 2.10 bits per heavy atom. The van der Waals surface area contributed by atoms with Gasteiger partial charge in [0, 0.05) is 19.5 Å². The van der Waals surface area contributed by atoms with Crippen LogP contribution in [-0.4, -0.2) is 6.04 Å². The van der Waals surface area contributed by atoms with Crippen LogP contribution in [-0.2, 0) is 0 Å². The molecule has 110 valence electrons. The van der Waals surface area contributed by atoms with Crippen molar-refractivity contribution in [2.45, 2.75) is 31.7 Å². The molecule has 1 aliphatic carbocycles. The third kappa shape index (κ3) is 3.54. The van der Waals surface area contributed by atoms with Crippen LogP contribution >= 0.6 is 47.8 Å². The minimum atomic E-state index is 0.546. The van der Waals surface area contributed by atoms with E-state index in [9.17, 15) is 0 Å². The minimum absolute atomic E-state index is 0.546. The van der Waals surface area contributed by atoms with Gasteiger partial charge in [0.1, 0.15) is 0 Å². The van der Waals surface area contributed by atoms with Crippen LogP contribution in [0.3, 0.4) is 0 Å². The molecule has 0 aromatic heterocycles. The molecule has 0 radical (unpaired) electrons.